The van der Waals surface area contributed by atoms with Gasteiger partial charge in [-0.25, -0.2) is 4.98 Å². The molecule has 1 aromatic heterocycles. The lowest BCUT2D eigenvalue weighted by atomic mass is 10.3. The third-order valence-electron chi connectivity index (χ3n) is 1.38. The summed E-state index contributed by atoms with van der Waals surface area (Å²) in [5.41, 5.74) is 6.49. The van der Waals surface area contributed by atoms with Crippen LogP contribution in [0.5, 0.6) is 5.88 Å². The van der Waals surface area contributed by atoms with Gasteiger partial charge in [0.05, 0.1) is 10.2 Å². The van der Waals surface area contributed by atoms with Gasteiger partial charge in [-0.15, -0.1) is 0 Å². The highest BCUT2D eigenvalue weighted by atomic mass is 127. The van der Waals surface area contributed by atoms with Crippen LogP contribution in [0.1, 0.15) is 12.5 Å². The standard InChI is InChI=1S/C8H11IN2O/c1-2-12-8-7(9)3-6(4-10)5-11-8/h3,5H,2,4,10H2,1H3. The van der Waals surface area contributed by atoms with Crippen LogP contribution in [0, 0.1) is 3.57 Å². The van der Waals surface area contributed by atoms with Crippen molar-refractivity contribution in [1.29, 1.82) is 0 Å². The molecule has 3 nitrogen and oxygen atoms in total. The van der Waals surface area contributed by atoms with Gasteiger partial charge in [0.2, 0.25) is 5.88 Å². The van der Waals surface area contributed by atoms with E-state index in [0.717, 1.165) is 9.13 Å². The van der Waals surface area contributed by atoms with Crippen LogP contribution in [0.25, 0.3) is 0 Å². The largest absolute Gasteiger partial charge is 0.477 e. The summed E-state index contributed by atoms with van der Waals surface area (Å²) in [7, 11) is 0. The second-order valence-corrected chi connectivity index (χ2v) is 3.43. The minimum absolute atomic E-state index is 0.523. The lowest BCUT2D eigenvalue weighted by molar-refractivity contribution is 0.324. The van der Waals surface area contributed by atoms with Crippen LogP contribution in [0.2, 0.25) is 0 Å². The van der Waals surface area contributed by atoms with E-state index >= 15 is 0 Å². The lowest BCUT2D eigenvalue weighted by Crippen LogP contribution is -2.01. The highest BCUT2D eigenvalue weighted by Crippen LogP contribution is 2.18. The Morgan fingerprint density at radius 3 is 2.92 bits per heavy atom. The molecule has 2 N–H and O–H groups in total. The summed E-state index contributed by atoms with van der Waals surface area (Å²) in [6, 6.07) is 1.98. The minimum atomic E-state index is 0.523. The first-order valence-corrected chi connectivity index (χ1v) is 4.83. The highest BCUT2D eigenvalue weighted by molar-refractivity contribution is 14.1. The Bertz CT molecular complexity index is 265. The number of ether oxygens (including phenoxy) is 1. The van der Waals surface area contributed by atoms with Gasteiger partial charge in [-0.1, -0.05) is 0 Å². The zero-order valence-corrected chi connectivity index (χ0v) is 9.04. The molecule has 0 aliphatic carbocycles. The van der Waals surface area contributed by atoms with Crippen LogP contribution in [-0.4, -0.2) is 11.6 Å². The van der Waals surface area contributed by atoms with E-state index in [0.29, 0.717) is 19.0 Å². The number of hydrogen-bond acceptors (Lipinski definition) is 3. The van der Waals surface area contributed by atoms with Crippen LogP contribution in [0.3, 0.4) is 0 Å². The van der Waals surface area contributed by atoms with Gasteiger partial charge >= 0.3 is 0 Å². The first-order chi connectivity index (χ1) is 5.77. The van der Waals surface area contributed by atoms with Gasteiger partial charge in [0.15, 0.2) is 0 Å². The van der Waals surface area contributed by atoms with Crippen LogP contribution in [0.4, 0.5) is 0 Å². The van der Waals surface area contributed by atoms with Crippen molar-refractivity contribution in [1.82, 2.24) is 4.98 Å². The lowest BCUT2D eigenvalue weighted by Gasteiger charge is -2.04. The maximum absolute atomic E-state index is 5.46. The number of pyridine rings is 1. The molecule has 1 heterocycles. The number of nitrogens with zero attached hydrogens (tertiary/aromatic N) is 1. The number of nitrogens with two attached hydrogens (primary N) is 1. The zero-order valence-electron chi connectivity index (χ0n) is 6.88. The molecule has 0 aromatic carbocycles. The van der Waals surface area contributed by atoms with Gasteiger partial charge < -0.3 is 10.5 Å². The van der Waals surface area contributed by atoms with Gasteiger partial charge in [-0.3, -0.25) is 0 Å². The molecule has 0 fully saturated rings. The second-order valence-electron chi connectivity index (χ2n) is 2.27. The Morgan fingerprint density at radius 2 is 2.42 bits per heavy atom. The first kappa shape index (κ1) is 9.73. The van der Waals surface area contributed by atoms with Crippen LogP contribution < -0.4 is 10.5 Å². The molecular formula is C8H11IN2O. The molecule has 0 amide bonds. The van der Waals surface area contributed by atoms with E-state index in [1.54, 1.807) is 6.20 Å². The van der Waals surface area contributed by atoms with Crippen molar-refractivity contribution in [2.24, 2.45) is 5.73 Å². The summed E-state index contributed by atoms with van der Waals surface area (Å²) < 4.78 is 6.29. The molecular weight excluding hydrogens is 267 g/mol. The van der Waals surface area contributed by atoms with Gasteiger partial charge in [0.25, 0.3) is 0 Å². The van der Waals surface area contributed by atoms with E-state index < -0.39 is 0 Å². The molecule has 0 bridgehead atoms. The Morgan fingerprint density at radius 1 is 1.67 bits per heavy atom. The van der Waals surface area contributed by atoms with Gasteiger partial charge in [0.1, 0.15) is 0 Å². The summed E-state index contributed by atoms with van der Waals surface area (Å²) in [6.07, 6.45) is 1.74. The summed E-state index contributed by atoms with van der Waals surface area (Å²) in [5, 5.41) is 0. The highest BCUT2D eigenvalue weighted by Gasteiger charge is 2.01. The molecule has 0 aliphatic heterocycles. The quantitative estimate of drug-likeness (QED) is 0.853. The van der Waals surface area contributed by atoms with E-state index in [9.17, 15) is 0 Å². The summed E-state index contributed by atoms with van der Waals surface area (Å²) in [6.45, 7) is 3.11. The molecule has 0 saturated carbocycles. The molecule has 4 heteroatoms. The topological polar surface area (TPSA) is 48.1 Å². The molecule has 0 saturated heterocycles. The smallest absolute Gasteiger partial charge is 0.227 e. The van der Waals surface area contributed by atoms with Crippen molar-refractivity contribution >= 4 is 22.6 Å². The van der Waals surface area contributed by atoms with Crippen LogP contribution in [0.15, 0.2) is 12.3 Å². The normalized spacial score (nSPS) is 9.92. The predicted octanol–water partition coefficient (Wildman–Crippen LogP) is 1.54. The molecule has 1 aromatic rings. The SMILES string of the molecule is CCOc1ncc(CN)cc1I. The Labute approximate surface area is 85.5 Å². The van der Waals surface area contributed by atoms with Crippen molar-refractivity contribution in [3.63, 3.8) is 0 Å². The molecule has 0 unspecified atom stereocenters. The van der Waals surface area contributed by atoms with Crippen molar-refractivity contribution in [3.8, 4) is 5.88 Å². The monoisotopic (exact) mass is 278 g/mol. The maximum atomic E-state index is 5.46. The fourth-order valence-corrected chi connectivity index (χ4v) is 1.51. The average Bonchev–Trinajstić information content (AvgIpc) is 2.09. The number of aromatic nitrogens is 1. The number of hydrogen-bond donors (Lipinski definition) is 1. The average molecular weight is 278 g/mol. The number of rotatable bonds is 3. The Kier molecular flexibility index (Phi) is 3.74. The zero-order chi connectivity index (χ0) is 8.97. The van der Waals surface area contributed by atoms with Gasteiger partial charge in [-0.05, 0) is 41.1 Å². The molecule has 0 radical (unpaired) electrons. The van der Waals surface area contributed by atoms with Crippen molar-refractivity contribution < 1.29 is 4.74 Å². The van der Waals surface area contributed by atoms with E-state index in [1.807, 2.05) is 13.0 Å². The van der Waals surface area contributed by atoms with Crippen molar-refractivity contribution in [2.45, 2.75) is 13.5 Å². The van der Waals surface area contributed by atoms with E-state index in [1.165, 1.54) is 0 Å². The second kappa shape index (κ2) is 4.61. The van der Waals surface area contributed by atoms with Crippen molar-refractivity contribution in [2.75, 3.05) is 6.61 Å². The molecule has 0 aliphatic rings. The van der Waals surface area contributed by atoms with E-state index in [4.69, 9.17) is 10.5 Å². The Hall–Kier alpha value is -0.360. The first-order valence-electron chi connectivity index (χ1n) is 3.75. The van der Waals surface area contributed by atoms with E-state index in [-0.39, 0.29) is 0 Å². The predicted molar refractivity (Wildman–Crippen MR) is 56.0 cm³/mol. The minimum Gasteiger partial charge on any atom is -0.477 e. The summed E-state index contributed by atoms with van der Waals surface area (Å²) in [4.78, 5) is 4.13. The molecule has 1 rings (SSSR count). The fourth-order valence-electron chi connectivity index (χ4n) is 0.820. The van der Waals surface area contributed by atoms with Crippen LogP contribution >= 0.6 is 22.6 Å². The summed E-state index contributed by atoms with van der Waals surface area (Å²) in [5.74, 6) is 0.690. The molecule has 66 valence electrons. The maximum Gasteiger partial charge on any atom is 0.227 e. The van der Waals surface area contributed by atoms with Crippen molar-refractivity contribution in [3.05, 3.63) is 21.4 Å². The van der Waals surface area contributed by atoms with Gasteiger partial charge in [-0.2, -0.15) is 0 Å². The van der Waals surface area contributed by atoms with E-state index in [2.05, 4.69) is 27.6 Å². The third kappa shape index (κ3) is 2.31. The molecule has 0 atom stereocenters. The molecule has 0 spiro atoms. The third-order valence-corrected chi connectivity index (χ3v) is 2.15. The van der Waals surface area contributed by atoms with Crippen LogP contribution in [-0.2, 0) is 6.54 Å². The van der Waals surface area contributed by atoms with Gasteiger partial charge in [0, 0.05) is 12.7 Å². The number of halogens is 1. The Balaban J connectivity index is 2.87. The fraction of sp³-hybridized carbons (Fsp3) is 0.375. The molecule has 12 heavy (non-hydrogen) atoms. The summed E-state index contributed by atoms with van der Waals surface area (Å²) >= 11 is 2.19.